The van der Waals surface area contributed by atoms with E-state index in [0.717, 1.165) is 140 Å². The zero-order chi connectivity index (χ0) is 58.6. The number of unbranched alkanes of at least 4 members (excludes halogenated alkanes) is 4. The van der Waals surface area contributed by atoms with Gasteiger partial charge in [0.05, 0.1) is 49.2 Å². The summed E-state index contributed by atoms with van der Waals surface area (Å²) in [5, 5.41) is 0. The molecule has 0 unspecified atom stereocenters. The highest BCUT2D eigenvalue weighted by Crippen LogP contribution is 2.39. The minimum atomic E-state index is -0.385. The lowest BCUT2D eigenvalue weighted by Crippen LogP contribution is -2.01. The molecule has 2 aliphatic rings. The van der Waals surface area contributed by atoms with E-state index in [-0.39, 0.29) is 23.9 Å². The third kappa shape index (κ3) is 15.4. The molecule has 5 heterocycles. The Balaban J connectivity index is 1.25. The number of ether oxygens (including phenoxy) is 4. The van der Waals surface area contributed by atoms with E-state index >= 15 is 0 Å². The molecule has 0 radical (unpaired) electrons. The fourth-order valence-corrected chi connectivity index (χ4v) is 9.58. The van der Waals surface area contributed by atoms with E-state index in [2.05, 4.69) is 61.9 Å². The maximum atomic E-state index is 12.5. The first kappa shape index (κ1) is 59.0. The van der Waals surface area contributed by atoms with Gasteiger partial charge in [-0.15, -0.1) is 0 Å². The second-order valence-corrected chi connectivity index (χ2v) is 20.4. The number of H-pyrrole nitrogens is 2. The Morgan fingerprint density at radius 3 is 0.750 bits per heavy atom. The van der Waals surface area contributed by atoms with Gasteiger partial charge in [-0.1, -0.05) is 150 Å². The number of fused-ring (bicyclic) bond motifs is 8. The SMILES string of the molecule is CCCCOC(=O)/C=C/c1ccc(-c2c3nc(c(-c4ccc(/C=C/C(=O)OCCCC)cc4)c4ccc([nH]4)c(-c4ccc(/C=C/C(=O)OCCCC)cc4)c4nc(c(-c5ccc(/C=C/C(=O)OCCCC)cc5)c5ccc2[nH]5)C=C4)C=C3)cc1. The van der Waals surface area contributed by atoms with Crippen LogP contribution in [0.3, 0.4) is 0 Å². The molecular weight excluding hydrogens is 1050 g/mol. The molecule has 0 aliphatic carbocycles. The number of esters is 4. The number of carbonyl (C=O) groups excluding carboxylic acids is 4. The lowest BCUT2D eigenvalue weighted by atomic mass is 10.0. The first-order valence-electron chi connectivity index (χ1n) is 29.1. The fraction of sp³-hybridized carbons (Fsp3) is 0.222. The van der Waals surface area contributed by atoms with Crippen LogP contribution in [-0.4, -0.2) is 70.2 Å². The van der Waals surface area contributed by atoms with Crippen molar-refractivity contribution in [3.05, 3.63) is 191 Å². The quantitative estimate of drug-likeness (QED) is 0.0258. The molecule has 7 aromatic rings. The summed E-state index contributed by atoms with van der Waals surface area (Å²) in [5.74, 6) is -1.54. The van der Waals surface area contributed by atoms with E-state index in [9.17, 15) is 19.2 Å². The Morgan fingerprint density at radius 2 is 0.548 bits per heavy atom. The Morgan fingerprint density at radius 1 is 0.333 bits per heavy atom. The molecular formula is C72H70N4O8. The van der Waals surface area contributed by atoms with Crippen LogP contribution in [-0.2, 0) is 38.1 Å². The second kappa shape index (κ2) is 29.3. The molecule has 2 N–H and O–H groups in total. The van der Waals surface area contributed by atoms with E-state index in [4.69, 9.17) is 28.9 Å². The molecule has 8 bridgehead atoms. The molecule has 0 atom stereocenters. The summed E-state index contributed by atoms with van der Waals surface area (Å²) in [5.41, 5.74) is 16.3. The standard InChI is InChI=1S/C72H70N4O8/c1-5-9-45-81-65(77)41-21-49-13-25-53(26-14-49)69-57-33-35-59(73-57)70(54-27-15-50(16-28-54)22-42-66(78)82-46-10-6-2)61-37-39-63(75-61)72(56-31-19-52(20-32-56)24-44-68(80)84-48-12-8-4)64-40-38-62(76-64)71(60-36-34-58(69)74-60)55-29-17-51(18-30-55)23-43-67(79)83-47-11-7-3/h13-44,73,76H,5-12,45-48H2,1-4H3/b41-21+,42-22+,43-23+,44-24+,69-57?,69-58?,70-59?,70-61?,71-60?,71-62?,72-63?,72-64?. The first-order valence-corrected chi connectivity index (χ1v) is 29.1. The van der Waals surface area contributed by atoms with Crippen LogP contribution in [0.1, 0.15) is 124 Å². The molecule has 9 rings (SSSR count). The van der Waals surface area contributed by atoms with Crippen LogP contribution in [0, 0.1) is 0 Å². The van der Waals surface area contributed by atoms with E-state index < -0.39 is 0 Å². The Kier molecular flexibility index (Phi) is 20.6. The molecule has 0 spiro atoms. The van der Waals surface area contributed by atoms with E-state index in [1.54, 1.807) is 24.3 Å². The first-order chi connectivity index (χ1) is 41.1. The molecule has 12 nitrogen and oxygen atoms in total. The highest BCUT2D eigenvalue weighted by Gasteiger charge is 2.20. The summed E-state index contributed by atoms with van der Waals surface area (Å²) < 4.78 is 21.5. The van der Waals surface area contributed by atoms with E-state index in [0.29, 0.717) is 49.2 Å². The number of hydrogen-bond acceptors (Lipinski definition) is 10. The maximum Gasteiger partial charge on any atom is 0.330 e. The monoisotopic (exact) mass is 1120 g/mol. The number of carbonyl (C=O) groups is 4. The predicted molar refractivity (Wildman–Crippen MR) is 340 cm³/mol. The van der Waals surface area contributed by atoms with Gasteiger partial charge in [0, 0.05) is 68.6 Å². The lowest BCUT2D eigenvalue weighted by Gasteiger charge is -2.08. The molecule has 12 heteroatoms. The topological polar surface area (TPSA) is 163 Å². The molecule has 426 valence electrons. The third-order valence-corrected chi connectivity index (χ3v) is 14.2. The van der Waals surface area contributed by atoms with Gasteiger partial charge in [-0.3, -0.25) is 0 Å². The van der Waals surface area contributed by atoms with Crippen LogP contribution in [0.5, 0.6) is 0 Å². The molecule has 84 heavy (non-hydrogen) atoms. The van der Waals surface area contributed by atoms with Gasteiger partial charge in [0.25, 0.3) is 0 Å². The van der Waals surface area contributed by atoms with Gasteiger partial charge in [-0.25, -0.2) is 29.1 Å². The Bertz CT molecular complexity index is 3340. The Hall–Kier alpha value is -9.68. The van der Waals surface area contributed by atoms with Crippen molar-refractivity contribution < 1.29 is 38.1 Å². The number of aromatic amines is 2. The van der Waals surface area contributed by atoms with Gasteiger partial charge in [0.15, 0.2) is 0 Å². The van der Waals surface area contributed by atoms with E-state index in [1.165, 1.54) is 24.3 Å². The summed E-state index contributed by atoms with van der Waals surface area (Å²) in [6, 6.07) is 40.3. The van der Waals surface area contributed by atoms with Gasteiger partial charge in [-0.2, -0.15) is 0 Å². The van der Waals surface area contributed by atoms with Crippen LogP contribution in [0.4, 0.5) is 0 Å². The predicted octanol–water partition coefficient (Wildman–Crippen LogP) is 16.7. The van der Waals surface area contributed by atoms with Crippen LogP contribution in [0.25, 0.3) is 115 Å². The maximum absolute atomic E-state index is 12.5. The van der Waals surface area contributed by atoms with Gasteiger partial charge in [-0.05, 0) is 143 Å². The van der Waals surface area contributed by atoms with Crippen molar-refractivity contribution in [2.75, 3.05) is 26.4 Å². The summed E-state index contributed by atoms with van der Waals surface area (Å²) >= 11 is 0. The van der Waals surface area contributed by atoms with Crippen molar-refractivity contribution in [3.8, 4) is 44.5 Å². The van der Waals surface area contributed by atoms with Crippen molar-refractivity contribution in [1.82, 2.24) is 19.9 Å². The van der Waals surface area contributed by atoms with Crippen molar-refractivity contribution >= 4 is 94.6 Å². The molecule has 0 amide bonds. The molecule has 0 saturated carbocycles. The highest BCUT2D eigenvalue weighted by molar-refractivity contribution is 6.00. The van der Waals surface area contributed by atoms with Gasteiger partial charge in [0.1, 0.15) is 0 Å². The minimum absolute atomic E-state index is 0.379. The summed E-state index contributed by atoms with van der Waals surface area (Å²) in [6.07, 6.45) is 28.0. The molecule has 0 saturated heterocycles. The summed E-state index contributed by atoms with van der Waals surface area (Å²) in [7, 11) is 0. The van der Waals surface area contributed by atoms with Crippen molar-refractivity contribution in [2.45, 2.75) is 79.1 Å². The number of nitrogens with zero attached hydrogens (tertiary/aromatic N) is 2. The van der Waals surface area contributed by atoms with E-state index in [1.807, 2.05) is 121 Å². The third-order valence-electron chi connectivity index (χ3n) is 14.2. The number of hydrogen-bond donors (Lipinski definition) is 2. The van der Waals surface area contributed by atoms with Crippen LogP contribution in [0.2, 0.25) is 0 Å². The van der Waals surface area contributed by atoms with Crippen molar-refractivity contribution in [2.24, 2.45) is 0 Å². The van der Waals surface area contributed by atoms with Gasteiger partial charge in [0.2, 0.25) is 0 Å². The molecule has 3 aromatic heterocycles. The fourth-order valence-electron chi connectivity index (χ4n) is 9.58. The molecule has 4 aromatic carbocycles. The van der Waals surface area contributed by atoms with Crippen molar-refractivity contribution in [3.63, 3.8) is 0 Å². The second-order valence-electron chi connectivity index (χ2n) is 20.4. The Labute approximate surface area is 491 Å². The summed E-state index contributed by atoms with van der Waals surface area (Å²) in [6.45, 7) is 9.73. The van der Waals surface area contributed by atoms with Gasteiger partial charge >= 0.3 is 23.9 Å². The van der Waals surface area contributed by atoms with Crippen LogP contribution in [0.15, 0.2) is 146 Å². The number of rotatable bonds is 24. The van der Waals surface area contributed by atoms with Crippen LogP contribution >= 0.6 is 0 Å². The number of nitrogens with one attached hydrogen (secondary N) is 2. The highest BCUT2D eigenvalue weighted by atomic mass is 16.5. The average molecular weight is 1120 g/mol. The number of aromatic nitrogens is 4. The lowest BCUT2D eigenvalue weighted by molar-refractivity contribution is -0.138. The van der Waals surface area contributed by atoms with Crippen molar-refractivity contribution in [1.29, 1.82) is 0 Å². The van der Waals surface area contributed by atoms with Crippen LogP contribution < -0.4 is 0 Å². The molecule has 2 aliphatic heterocycles. The zero-order valence-corrected chi connectivity index (χ0v) is 48.1. The zero-order valence-electron chi connectivity index (χ0n) is 48.1. The smallest absolute Gasteiger partial charge is 0.330 e. The average Bonchev–Trinajstić information content (AvgIpc) is 3.39. The largest absolute Gasteiger partial charge is 0.463 e. The van der Waals surface area contributed by atoms with Gasteiger partial charge < -0.3 is 28.9 Å². The molecule has 0 fully saturated rings. The normalized spacial score (nSPS) is 12.0. The minimum Gasteiger partial charge on any atom is -0.463 e. The summed E-state index contributed by atoms with van der Waals surface area (Å²) in [4.78, 5) is 68.7. The number of benzene rings is 4.